The highest BCUT2D eigenvalue weighted by Crippen LogP contribution is 2.24. The molecule has 118 valence electrons. The molecule has 0 radical (unpaired) electrons. The molecule has 3 heteroatoms. The third-order valence-electron chi connectivity index (χ3n) is 4.21. The normalized spacial score (nSPS) is 11.2. The lowest BCUT2D eigenvalue weighted by Crippen LogP contribution is -2.17. The van der Waals surface area contributed by atoms with E-state index in [2.05, 4.69) is 0 Å². The van der Waals surface area contributed by atoms with Crippen LogP contribution in [0.25, 0.3) is 0 Å². The fourth-order valence-electron chi connectivity index (χ4n) is 2.69. The van der Waals surface area contributed by atoms with Crippen LogP contribution in [0, 0.1) is 13.8 Å². The molecule has 0 aliphatic rings. The quantitative estimate of drug-likeness (QED) is 0.526. The van der Waals surface area contributed by atoms with Crippen LogP contribution in [0.3, 0.4) is 0 Å². The van der Waals surface area contributed by atoms with E-state index in [0.29, 0.717) is 16.4 Å². The number of carbonyl (C=O) groups excluding carboxylic acids is 1. The van der Waals surface area contributed by atoms with Crippen molar-refractivity contribution in [2.75, 3.05) is 0 Å². The number of carbonyl (C=O) groups is 1. The number of hydrogen-bond acceptors (Lipinski definition) is 2. The van der Waals surface area contributed by atoms with Crippen LogP contribution in [-0.4, -0.2) is 5.78 Å². The molecule has 0 spiro atoms. The fraction of sp³-hybridized carbons (Fsp3) is 0.0952. The van der Waals surface area contributed by atoms with Gasteiger partial charge in [0.1, 0.15) is 0 Å². The molecule has 0 heterocycles. The van der Waals surface area contributed by atoms with E-state index in [1.807, 2.05) is 74.5 Å². The molecule has 0 aliphatic carbocycles. The van der Waals surface area contributed by atoms with Crippen molar-refractivity contribution in [2.45, 2.75) is 13.8 Å². The van der Waals surface area contributed by atoms with E-state index in [1.165, 1.54) is 0 Å². The van der Waals surface area contributed by atoms with Gasteiger partial charge in [0, 0.05) is 5.56 Å². The number of aryl methyl sites for hydroxylation is 1. The first-order valence-electron chi connectivity index (χ1n) is 7.82. The lowest BCUT2D eigenvalue weighted by atomic mass is 9.96. The molecule has 0 aromatic heterocycles. The van der Waals surface area contributed by atoms with Gasteiger partial charge in [-0.1, -0.05) is 53.1 Å². The summed E-state index contributed by atoms with van der Waals surface area (Å²) in [6, 6.07) is 22.2. The highest BCUT2D eigenvalue weighted by atomic mass is 31.1. The monoisotopic (exact) mass is 333 g/mol. The Morgan fingerprint density at radius 2 is 1.38 bits per heavy atom. The van der Waals surface area contributed by atoms with Crippen LogP contribution in [0.1, 0.15) is 27.0 Å². The maximum Gasteiger partial charge on any atom is 0.416 e. The smallest absolute Gasteiger partial charge is 0.288 e. The first-order valence-corrected chi connectivity index (χ1v) is 9.08. The van der Waals surface area contributed by atoms with Gasteiger partial charge in [0.25, 0.3) is 0 Å². The van der Waals surface area contributed by atoms with E-state index in [1.54, 1.807) is 12.1 Å². The van der Waals surface area contributed by atoms with Gasteiger partial charge in [0.05, 0.1) is 5.56 Å². The van der Waals surface area contributed by atoms with Crippen LogP contribution in [0.4, 0.5) is 0 Å². The Bertz CT molecular complexity index is 914. The van der Waals surface area contributed by atoms with Gasteiger partial charge in [-0.25, -0.2) is 0 Å². The lowest BCUT2D eigenvalue weighted by molar-refractivity contribution is 0.103. The number of hydrogen-bond donors (Lipinski definition) is 0. The van der Waals surface area contributed by atoms with Crippen molar-refractivity contribution in [1.82, 2.24) is 0 Å². The highest BCUT2D eigenvalue weighted by molar-refractivity contribution is 7.61. The van der Waals surface area contributed by atoms with Crippen LogP contribution >= 0.6 is 7.80 Å². The van der Waals surface area contributed by atoms with E-state index in [4.69, 9.17) is 0 Å². The van der Waals surface area contributed by atoms with E-state index >= 15 is 0 Å². The molecule has 3 aromatic carbocycles. The molecular weight excluding hydrogens is 315 g/mol. The summed E-state index contributed by atoms with van der Waals surface area (Å²) in [6.45, 7) is 3.94. The first-order chi connectivity index (χ1) is 11.6. The minimum absolute atomic E-state index is 0.0777. The number of ketones is 1. The molecule has 0 saturated heterocycles. The zero-order valence-corrected chi connectivity index (χ0v) is 14.6. The van der Waals surface area contributed by atoms with Crippen LogP contribution in [0.2, 0.25) is 0 Å². The Labute approximate surface area is 143 Å². The number of benzene rings is 3. The number of rotatable bonds is 4. The van der Waals surface area contributed by atoms with Crippen LogP contribution < -0.4 is 10.6 Å². The summed E-state index contributed by atoms with van der Waals surface area (Å²) >= 11 is 0. The Kier molecular flexibility index (Phi) is 4.69. The summed E-state index contributed by atoms with van der Waals surface area (Å²) in [5.41, 5.74) is 3.22. The predicted octanol–water partition coefficient (Wildman–Crippen LogP) is 4.31. The Morgan fingerprint density at radius 3 is 2.12 bits per heavy atom. The fourth-order valence-corrected chi connectivity index (χ4v) is 4.02. The second-order valence-corrected chi connectivity index (χ2v) is 7.31. The molecule has 0 saturated carbocycles. The molecule has 3 rings (SSSR count). The van der Waals surface area contributed by atoms with E-state index in [9.17, 15) is 9.36 Å². The Hall–Kier alpha value is -2.57. The topological polar surface area (TPSA) is 34.1 Å². The average molecular weight is 333 g/mol. The standard InChI is InChI=1S/C21H18O2P/c1-15-9-8-13-18(16(15)2)21(22)19-12-6-7-14-20(19)24(23)17-10-4-3-5-11-17/h3-14H,1-2H3/q+1. The van der Waals surface area contributed by atoms with Crippen LogP contribution in [-0.2, 0) is 4.57 Å². The third kappa shape index (κ3) is 3.06. The minimum atomic E-state index is -1.80. The summed E-state index contributed by atoms with van der Waals surface area (Å²) in [7, 11) is -1.80. The summed E-state index contributed by atoms with van der Waals surface area (Å²) in [5.74, 6) is -0.0777. The molecule has 3 aromatic rings. The third-order valence-corrected chi connectivity index (χ3v) is 5.80. The Morgan fingerprint density at radius 1 is 0.750 bits per heavy atom. The van der Waals surface area contributed by atoms with Gasteiger partial charge in [-0.2, -0.15) is 0 Å². The van der Waals surface area contributed by atoms with Crippen molar-refractivity contribution < 1.29 is 9.36 Å². The van der Waals surface area contributed by atoms with Gasteiger partial charge in [0.2, 0.25) is 5.30 Å². The molecule has 0 aliphatic heterocycles. The van der Waals surface area contributed by atoms with E-state index in [-0.39, 0.29) is 5.78 Å². The van der Waals surface area contributed by atoms with E-state index < -0.39 is 7.80 Å². The summed E-state index contributed by atoms with van der Waals surface area (Å²) in [4.78, 5) is 13.0. The van der Waals surface area contributed by atoms with Gasteiger partial charge < -0.3 is 0 Å². The van der Waals surface area contributed by atoms with Crippen molar-refractivity contribution in [1.29, 1.82) is 0 Å². The van der Waals surface area contributed by atoms with Crippen molar-refractivity contribution >= 4 is 24.2 Å². The van der Waals surface area contributed by atoms with E-state index in [0.717, 1.165) is 16.4 Å². The molecule has 0 N–H and O–H groups in total. The summed E-state index contributed by atoms with van der Waals surface area (Å²) in [5, 5.41) is 1.32. The van der Waals surface area contributed by atoms with Gasteiger partial charge in [-0.05, 0) is 49.2 Å². The van der Waals surface area contributed by atoms with Crippen molar-refractivity contribution in [3.05, 3.63) is 95.1 Å². The molecule has 24 heavy (non-hydrogen) atoms. The van der Waals surface area contributed by atoms with Gasteiger partial charge in [0.15, 0.2) is 11.1 Å². The molecular formula is C21H18O2P+. The van der Waals surface area contributed by atoms with Gasteiger partial charge >= 0.3 is 7.80 Å². The minimum Gasteiger partial charge on any atom is -0.288 e. The van der Waals surface area contributed by atoms with Crippen molar-refractivity contribution in [3.8, 4) is 0 Å². The molecule has 1 atom stereocenters. The molecule has 2 nitrogen and oxygen atoms in total. The van der Waals surface area contributed by atoms with Gasteiger partial charge in [-0.3, -0.25) is 4.79 Å². The Balaban J connectivity index is 2.08. The average Bonchev–Trinajstić information content (AvgIpc) is 2.63. The van der Waals surface area contributed by atoms with Gasteiger partial charge in [-0.15, -0.1) is 0 Å². The van der Waals surface area contributed by atoms with Crippen LogP contribution in [0.5, 0.6) is 0 Å². The van der Waals surface area contributed by atoms with Crippen molar-refractivity contribution in [2.24, 2.45) is 0 Å². The lowest BCUT2D eigenvalue weighted by Gasteiger charge is -2.08. The molecule has 1 unspecified atom stereocenters. The second kappa shape index (κ2) is 6.90. The van der Waals surface area contributed by atoms with Crippen LogP contribution in [0.15, 0.2) is 72.8 Å². The molecule has 0 amide bonds. The summed E-state index contributed by atoms with van der Waals surface area (Å²) < 4.78 is 13.0. The zero-order chi connectivity index (χ0) is 17.1. The second-order valence-electron chi connectivity index (χ2n) is 5.72. The largest absolute Gasteiger partial charge is 0.416 e. The summed E-state index contributed by atoms with van der Waals surface area (Å²) in [6.07, 6.45) is 0. The SMILES string of the molecule is Cc1cccc(C(=O)c2ccccc2[P+](=O)c2ccccc2)c1C. The highest BCUT2D eigenvalue weighted by Gasteiger charge is 2.30. The van der Waals surface area contributed by atoms with Crippen molar-refractivity contribution in [3.63, 3.8) is 0 Å². The predicted molar refractivity (Wildman–Crippen MR) is 99.1 cm³/mol. The first kappa shape index (κ1) is 16.3. The molecule has 0 bridgehead atoms. The zero-order valence-electron chi connectivity index (χ0n) is 13.7. The maximum absolute atomic E-state index is 13.0. The maximum atomic E-state index is 13.0. The molecule has 0 fully saturated rings.